The van der Waals surface area contributed by atoms with Crippen LogP contribution in [-0.4, -0.2) is 37.0 Å². The molecule has 2 saturated heterocycles. The van der Waals surface area contributed by atoms with Gasteiger partial charge in [0.1, 0.15) is 11.6 Å². The number of aromatic amines is 1. The highest BCUT2D eigenvalue weighted by Crippen LogP contribution is 2.40. The molecule has 106 valence electrons. The maximum Gasteiger partial charge on any atom is 0.349 e. The van der Waals surface area contributed by atoms with Crippen LogP contribution in [0.5, 0.6) is 0 Å². The summed E-state index contributed by atoms with van der Waals surface area (Å²) < 4.78 is 1.50. The molecule has 2 unspecified atom stereocenters. The zero-order valence-electron chi connectivity index (χ0n) is 11.2. The van der Waals surface area contributed by atoms with Crippen molar-refractivity contribution in [3.05, 3.63) is 22.4 Å². The van der Waals surface area contributed by atoms with Crippen LogP contribution in [0.1, 0.15) is 31.5 Å². The molecule has 0 amide bonds. The summed E-state index contributed by atoms with van der Waals surface area (Å²) in [6, 6.07) is 2.83. The number of alkyl halides is 1. The predicted molar refractivity (Wildman–Crippen MR) is 76.5 cm³/mol. The minimum atomic E-state index is -0.237. The standard InChI is InChI=1S/C13H16ClN5O/c1-7-15-11(6-12-16-17-13(20)18(7)12)19-9-2-3-10(19)5-8(14)4-9/h6,8-10H,2-5H2,1H3,(H,17,20). The molecule has 4 rings (SSSR count). The second-order valence-corrected chi connectivity index (χ2v) is 6.36. The van der Waals surface area contributed by atoms with E-state index in [-0.39, 0.29) is 11.1 Å². The van der Waals surface area contributed by atoms with Gasteiger partial charge in [-0.1, -0.05) is 0 Å². The fourth-order valence-corrected chi connectivity index (χ4v) is 4.11. The van der Waals surface area contributed by atoms with Crippen LogP contribution in [0.15, 0.2) is 10.9 Å². The Kier molecular flexibility index (Phi) is 2.57. The lowest BCUT2D eigenvalue weighted by Gasteiger charge is -2.38. The van der Waals surface area contributed by atoms with E-state index in [4.69, 9.17) is 11.6 Å². The Bertz CT molecular complexity index is 709. The van der Waals surface area contributed by atoms with Crippen molar-refractivity contribution in [2.24, 2.45) is 0 Å². The number of anilines is 1. The number of nitrogens with zero attached hydrogens (tertiary/aromatic N) is 4. The summed E-state index contributed by atoms with van der Waals surface area (Å²) in [4.78, 5) is 18.6. The van der Waals surface area contributed by atoms with Crippen LogP contribution in [0.4, 0.5) is 5.82 Å². The van der Waals surface area contributed by atoms with Crippen molar-refractivity contribution in [1.82, 2.24) is 19.6 Å². The lowest BCUT2D eigenvalue weighted by atomic mass is 10.0. The topological polar surface area (TPSA) is 66.3 Å². The van der Waals surface area contributed by atoms with E-state index in [1.54, 1.807) is 0 Å². The lowest BCUT2D eigenvalue weighted by molar-refractivity contribution is 0.470. The number of aryl methyl sites for hydroxylation is 1. The largest absolute Gasteiger partial charge is 0.350 e. The van der Waals surface area contributed by atoms with Crippen molar-refractivity contribution in [1.29, 1.82) is 0 Å². The molecular formula is C13H16ClN5O. The van der Waals surface area contributed by atoms with Gasteiger partial charge in [-0.2, -0.15) is 5.10 Å². The summed E-state index contributed by atoms with van der Waals surface area (Å²) in [5.41, 5.74) is 0.392. The van der Waals surface area contributed by atoms with E-state index >= 15 is 0 Å². The quantitative estimate of drug-likeness (QED) is 0.809. The van der Waals surface area contributed by atoms with Crippen molar-refractivity contribution in [3.8, 4) is 0 Å². The van der Waals surface area contributed by atoms with E-state index in [0.717, 1.165) is 18.7 Å². The van der Waals surface area contributed by atoms with Crippen molar-refractivity contribution in [2.75, 3.05) is 4.90 Å². The predicted octanol–water partition coefficient (Wildman–Crippen LogP) is 1.46. The molecule has 4 heterocycles. The Hall–Kier alpha value is -1.56. The lowest BCUT2D eigenvalue weighted by Crippen LogP contribution is -2.44. The highest BCUT2D eigenvalue weighted by Gasteiger charge is 2.41. The van der Waals surface area contributed by atoms with Gasteiger partial charge in [0, 0.05) is 23.5 Å². The Morgan fingerprint density at radius 2 is 2.05 bits per heavy atom. The molecule has 0 aliphatic carbocycles. The van der Waals surface area contributed by atoms with Crippen LogP contribution in [0.2, 0.25) is 0 Å². The maximum absolute atomic E-state index is 11.6. The number of fused-ring (bicyclic) bond motifs is 3. The molecule has 0 aromatic carbocycles. The van der Waals surface area contributed by atoms with Crippen molar-refractivity contribution in [3.63, 3.8) is 0 Å². The molecule has 0 radical (unpaired) electrons. The van der Waals surface area contributed by atoms with Gasteiger partial charge < -0.3 is 4.90 Å². The van der Waals surface area contributed by atoms with Gasteiger partial charge in [-0.3, -0.25) is 0 Å². The molecule has 0 spiro atoms. The van der Waals surface area contributed by atoms with E-state index in [0.29, 0.717) is 23.6 Å². The van der Waals surface area contributed by atoms with E-state index in [1.165, 1.54) is 17.2 Å². The average Bonchev–Trinajstić information content (AvgIpc) is 2.89. The highest BCUT2D eigenvalue weighted by atomic mass is 35.5. The summed E-state index contributed by atoms with van der Waals surface area (Å²) in [5, 5.41) is 6.80. The molecule has 2 bridgehead atoms. The molecule has 2 aromatic rings. The first-order valence-corrected chi connectivity index (χ1v) is 7.44. The van der Waals surface area contributed by atoms with Gasteiger partial charge in [-0.15, -0.1) is 11.6 Å². The van der Waals surface area contributed by atoms with Crippen molar-refractivity contribution >= 4 is 23.1 Å². The normalized spacial score (nSPS) is 29.3. The second-order valence-electron chi connectivity index (χ2n) is 5.74. The van der Waals surface area contributed by atoms with E-state index in [9.17, 15) is 4.79 Å². The molecule has 2 atom stereocenters. The van der Waals surface area contributed by atoms with E-state index < -0.39 is 0 Å². The number of halogens is 1. The summed E-state index contributed by atoms with van der Waals surface area (Å²) in [7, 11) is 0. The Morgan fingerprint density at radius 3 is 2.75 bits per heavy atom. The minimum absolute atomic E-state index is 0.237. The van der Waals surface area contributed by atoms with Gasteiger partial charge in [-0.05, 0) is 32.6 Å². The van der Waals surface area contributed by atoms with Gasteiger partial charge >= 0.3 is 5.69 Å². The minimum Gasteiger partial charge on any atom is -0.350 e. The van der Waals surface area contributed by atoms with Gasteiger partial charge in [0.2, 0.25) is 0 Å². The van der Waals surface area contributed by atoms with Crippen LogP contribution >= 0.6 is 11.6 Å². The van der Waals surface area contributed by atoms with Crippen LogP contribution < -0.4 is 10.6 Å². The van der Waals surface area contributed by atoms with Gasteiger partial charge in [0.25, 0.3) is 0 Å². The molecule has 2 aliphatic heterocycles. The summed E-state index contributed by atoms with van der Waals surface area (Å²) >= 11 is 6.32. The van der Waals surface area contributed by atoms with Gasteiger partial charge in [0.15, 0.2) is 5.65 Å². The second kappa shape index (κ2) is 4.22. The van der Waals surface area contributed by atoms with Crippen LogP contribution in [0, 0.1) is 6.92 Å². The van der Waals surface area contributed by atoms with Crippen molar-refractivity contribution < 1.29 is 0 Å². The number of rotatable bonds is 1. The van der Waals surface area contributed by atoms with Gasteiger partial charge in [0.05, 0.1) is 0 Å². The number of nitrogens with one attached hydrogen (secondary N) is 1. The van der Waals surface area contributed by atoms with E-state index in [2.05, 4.69) is 20.1 Å². The molecular weight excluding hydrogens is 278 g/mol. The van der Waals surface area contributed by atoms with Crippen LogP contribution in [0.25, 0.3) is 5.65 Å². The maximum atomic E-state index is 11.6. The zero-order valence-corrected chi connectivity index (χ0v) is 12.0. The Balaban J connectivity index is 1.81. The summed E-state index contributed by atoms with van der Waals surface area (Å²) in [6.45, 7) is 1.84. The smallest absolute Gasteiger partial charge is 0.349 e. The third-order valence-electron chi connectivity index (χ3n) is 4.50. The zero-order chi connectivity index (χ0) is 13.9. The number of H-pyrrole nitrogens is 1. The molecule has 20 heavy (non-hydrogen) atoms. The third-order valence-corrected chi connectivity index (χ3v) is 4.85. The number of aromatic nitrogens is 4. The monoisotopic (exact) mass is 293 g/mol. The first kappa shape index (κ1) is 12.2. The Morgan fingerprint density at radius 1 is 1.35 bits per heavy atom. The first-order valence-electron chi connectivity index (χ1n) is 7.00. The number of piperidine rings is 1. The number of hydrogen-bond acceptors (Lipinski definition) is 4. The molecule has 7 heteroatoms. The van der Waals surface area contributed by atoms with Crippen LogP contribution in [-0.2, 0) is 0 Å². The summed E-state index contributed by atoms with van der Waals surface area (Å²) in [6.07, 6.45) is 4.37. The molecule has 1 N–H and O–H groups in total. The van der Waals surface area contributed by atoms with Gasteiger partial charge in [-0.25, -0.2) is 19.3 Å². The number of hydrogen-bond donors (Lipinski definition) is 1. The fourth-order valence-electron chi connectivity index (χ4n) is 3.70. The molecule has 0 saturated carbocycles. The summed E-state index contributed by atoms with van der Waals surface area (Å²) in [5.74, 6) is 1.59. The van der Waals surface area contributed by atoms with Crippen LogP contribution in [0.3, 0.4) is 0 Å². The molecule has 2 fully saturated rings. The van der Waals surface area contributed by atoms with Crippen molar-refractivity contribution in [2.45, 2.75) is 50.1 Å². The fraction of sp³-hybridized carbons (Fsp3) is 0.615. The molecule has 6 nitrogen and oxygen atoms in total. The van der Waals surface area contributed by atoms with E-state index in [1.807, 2.05) is 13.0 Å². The molecule has 2 aliphatic rings. The SMILES string of the molecule is Cc1nc(N2C3CCC2CC(Cl)C3)cc2n[nH]c(=O)n12. The average molecular weight is 294 g/mol. The molecule has 2 aromatic heterocycles. The Labute approximate surface area is 120 Å². The third kappa shape index (κ3) is 1.67. The highest BCUT2D eigenvalue weighted by molar-refractivity contribution is 6.20. The first-order chi connectivity index (χ1) is 9.63.